The third-order valence-electron chi connectivity index (χ3n) is 5.78. The number of para-hydroxylation sites is 1. The van der Waals surface area contributed by atoms with E-state index in [0.717, 1.165) is 16.3 Å². The van der Waals surface area contributed by atoms with Gasteiger partial charge in [0.2, 0.25) is 0 Å². The molecule has 6 heteroatoms. The minimum absolute atomic E-state index is 0.0637. The standard InChI is InChI=1S/C29H30N2O4/c32-19-24(30-18-25(33)20-35-26-9-2-1-3-10-26)17-21-13-15-23(16-14-21)31-29(34)28-12-6-8-22-7-4-5-11-27(22)28/h1-16,24-25,30,32-33H,17-20H2,(H,31,34). The molecule has 0 saturated heterocycles. The topological polar surface area (TPSA) is 90.8 Å². The summed E-state index contributed by atoms with van der Waals surface area (Å²) in [5.41, 5.74) is 2.34. The molecule has 0 saturated carbocycles. The summed E-state index contributed by atoms with van der Waals surface area (Å²) in [6, 6.07) is 30.2. The maximum absolute atomic E-state index is 12.8. The van der Waals surface area contributed by atoms with Gasteiger partial charge >= 0.3 is 0 Å². The number of amides is 1. The van der Waals surface area contributed by atoms with Crippen molar-refractivity contribution in [3.8, 4) is 5.75 Å². The minimum atomic E-state index is -0.698. The number of ether oxygens (including phenoxy) is 1. The number of carbonyl (C=O) groups is 1. The van der Waals surface area contributed by atoms with Crippen molar-refractivity contribution in [2.24, 2.45) is 0 Å². The van der Waals surface area contributed by atoms with Gasteiger partial charge in [-0.3, -0.25) is 4.79 Å². The van der Waals surface area contributed by atoms with E-state index < -0.39 is 6.10 Å². The van der Waals surface area contributed by atoms with Gasteiger partial charge in [-0.25, -0.2) is 0 Å². The molecule has 0 fully saturated rings. The molecular weight excluding hydrogens is 440 g/mol. The van der Waals surface area contributed by atoms with Crippen molar-refractivity contribution < 1.29 is 19.7 Å². The number of aliphatic hydroxyl groups excluding tert-OH is 2. The van der Waals surface area contributed by atoms with Crippen molar-refractivity contribution in [2.45, 2.75) is 18.6 Å². The predicted molar refractivity (Wildman–Crippen MR) is 139 cm³/mol. The van der Waals surface area contributed by atoms with E-state index >= 15 is 0 Å². The number of hydrogen-bond donors (Lipinski definition) is 4. The Kier molecular flexibility index (Phi) is 8.46. The molecule has 4 N–H and O–H groups in total. The monoisotopic (exact) mass is 470 g/mol. The van der Waals surface area contributed by atoms with Crippen molar-refractivity contribution in [1.82, 2.24) is 5.32 Å². The molecule has 6 nitrogen and oxygen atoms in total. The third-order valence-corrected chi connectivity index (χ3v) is 5.78. The summed E-state index contributed by atoms with van der Waals surface area (Å²) >= 11 is 0. The van der Waals surface area contributed by atoms with Gasteiger partial charge in [-0.1, -0.05) is 66.7 Å². The summed E-state index contributed by atoms with van der Waals surface area (Å²) in [6.45, 7) is 0.406. The van der Waals surface area contributed by atoms with Crippen molar-refractivity contribution >= 4 is 22.4 Å². The lowest BCUT2D eigenvalue weighted by molar-refractivity contribution is 0.0997. The Hall–Kier alpha value is -3.71. The number of carbonyl (C=O) groups excluding carboxylic acids is 1. The minimum Gasteiger partial charge on any atom is -0.491 e. The fourth-order valence-electron chi connectivity index (χ4n) is 3.90. The van der Waals surface area contributed by atoms with E-state index in [9.17, 15) is 15.0 Å². The Balaban J connectivity index is 1.27. The molecule has 1 amide bonds. The van der Waals surface area contributed by atoms with E-state index in [1.807, 2.05) is 97.1 Å². The Labute approximate surface area is 205 Å². The molecule has 2 atom stereocenters. The quantitative estimate of drug-likeness (QED) is 0.266. The van der Waals surface area contributed by atoms with Gasteiger partial charge < -0.3 is 25.6 Å². The molecule has 0 heterocycles. The molecule has 0 aliphatic rings. The number of rotatable bonds is 11. The largest absolute Gasteiger partial charge is 0.491 e. The first-order valence-corrected chi connectivity index (χ1v) is 11.7. The first kappa shape index (κ1) is 24.4. The molecular formula is C29H30N2O4. The molecule has 4 aromatic rings. The van der Waals surface area contributed by atoms with Gasteiger partial charge in [0, 0.05) is 23.8 Å². The van der Waals surface area contributed by atoms with Gasteiger partial charge in [0.15, 0.2) is 0 Å². The highest BCUT2D eigenvalue weighted by Gasteiger charge is 2.13. The molecule has 0 spiro atoms. The first-order chi connectivity index (χ1) is 17.1. The van der Waals surface area contributed by atoms with Crippen LogP contribution in [0, 0.1) is 0 Å². The molecule has 0 aromatic heterocycles. The Morgan fingerprint density at radius 2 is 1.57 bits per heavy atom. The van der Waals surface area contributed by atoms with Crippen LogP contribution < -0.4 is 15.4 Å². The van der Waals surface area contributed by atoms with Crippen LogP contribution in [0.2, 0.25) is 0 Å². The van der Waals surface area contributed by atoms with Gasteiger partial charge in [-0.15, -0.1) is 0 Å². The molecule has 35 heavy (non-hydrogen) atoms. The van der Waals surface area contributed by atoms with E-state index in [1.54, 1.807) is 0 Å². The average molecular weight is 471 g/mol. The van der Waals surface area contributed by atoms with Crippen LogP contribution in [-0.4, -0.2) is 48.0 Å². The van der Waals surface area contributed by atoms with E-state index in [1.165, 1.54) is 0 Å². The number of fused-ring (bicyclic) bond motifs is 1. The maximum Gasteiger partial charge on any atom is 0.256 e. The number of anilines is 1. The van der Waals surface area contributed by atoms with Crippen LogP contribution in [0.5, 0.6) is 5.75 Å². The zero-order chi connectivity index (χ0) is 24.5. The Morgan fingerprint density at radius 1 is 0.857 bits per heavy atom. The molecule has 0 aliphatic carbocycles. The molecule has 0 aliphatic heterocycles. The third kappa shape index (κ3) is 6.90. The molecule has 2 unspecified atom stereocenters. The van der Waals surface area contributed by atoms with E-state index in [2.05, 4.69) is 10.6 Å². The van der Waals surface area contributed by atoms with Crippen molar-refractivity contribution in [1.29, 1.82) is 0 Å². The van der Waals surface area contributed by atoms with Crippen molar-refractivity contribution in [3.63, 3.8) is 0 Å². The second-order valence-corrected chi connectivity index (χ2v) is 8.45. The summed E-state index contributed by atoms with van der Waals surface area (Å²) in [4.78, 5) is 12.8. The van der Waals surface area contributed by atoms with Crippen LogP contribution in [0.15, 0.2) is 97.1 Å². The second kappa shape index (κ2) is 12.1. The van der Waals surface area contributed by atoms with Gasteiger partial charge in [0.05, 0.1) is 6.61 Å². The van der Waals surface area contributed by atoms with Crippen molar-refractivity contribution in [3.05, 3.63) is 108 Å². The SMILES string of the molecule is O=C(Nc1ccc(CC(CO)NCC(O)COc2ccccc2)cc1)c1cccc2ccccc12. The van der Waals surface area contributed by atoms with Gasteiger partial charge in [-0.05, 0) is 53.1 Å². The zero-order valence-corrected chi connectivity index (χ0v) is 19.4. The highest BCUT2D eigenvalue weighted by molar-refractivity contribution is 6.12. The summed E-state index contributed by atoms with van der Waals surface area (Å²) < 4.78 is 5.57. The van der Waals surface area contributed by atoms with Gasteiger partial charge in [-0.2, -0.15) is 0 Å². The molecule has 4 rings (SSSR count). The number of nitrogens with one attached hydrogen (secondary N) is 2. The lowest BCUT2D eigenvalue weighted by Gasteiger charge is -2.19. The Bertz CT molecular complexity index is 1220. The van der Waals surface area contributed by atoms with E-state index in [0.29, 0.717) is 30.0 Å². The Morgan fingerprint density at radius 3 is 2.34 bits per heavy atom. The van der Waals surface area contributed by atoms with Gasteiger partial charge in [0.1, 0.15) is 18.5 Å². The van der Waals surface area contributed by atoms with Crippen LogP contribution >= 0.6 is 0 Å². The van der Waals surface area contributed by atoms with Crippen molar-refractivity contribution in [2.75, 3.05) is 25.1 Å². The van der Waals surface area contributed by atoms with Crippen LogP contribution in [0.1, 0.15) is 15.9 Å². The summed E-state index contributed by atoms with van der Waals surface area (Å²) in [6.07, 6.45) is -0.115. The lowest BCUT2D eigenvalue weighted by atomic mass is 10.0. The number of aliphatic hydroxyl groups is 2. The summed E-state index contributed by atoms with van der Waals surface area (Å²) in [5.74, 6) is 0.550. The number of hydrogen-bond acceptors (Lipinski definition) is 5. The zero-order valence-electron chi connectivity index (χ0n) is 19.4. The second-order valence-electron chi connectivity index (χ2n) is 8.45. The molecule has 0 bridgehead atoms. The summed E-state index contributed by atoms with van der Waals surface area (Å²) in [5, 5.41) is 28.0. The van der Waals surface area contributed by atoms with E-state index in [4.69, 9.17) is 4.74 Å². The lowest BCUT2D eigenvalue weighted by Crippen LogP contribution is -2.41. The van der Waals surface area contributed by atoms with Crippen LogP contribution in [0.4, 0.5) is 5.69 Å². The normalized spacial score (nSPS) is 12.7. The molecule has 0 radical (unpaired) electrons. The van der Waals surface area contributed by atoms with Crippen LogP contribution in [-0.2, 0) is 6.42 Å². The van der Waals surface area contributed by atoms with Crippen LogP contribution in [0.3, 0.4) is 0 Å². The molecule has 180 valence electrons. The molecule has 4 aromatic carbocycles. The maximum atomic E-state index is 12.8. The fraction of sp³-hybridized carbons (Fsp3) is 0.207. The smallest absolute Gasteiger partial charge is 0.256 e. The average Bonchev–Trinajstić information content (AvgIpc) is 2.91. The highest BCUT2D eigenvalue weighted by atomic mass is 16.5. The fourth-order valence-corrected chi connectivity index (χ4v) is 3.90. The summed E-state index contributed by atoms with van der Waals surface area (Å²) in [7, 11) is 0. The number of benzene rings is 4. The van der Waals surface area contributed by atoms with Crippen LogP contribution in [0.25, 0.3) is 10.8 Å². The van der Waals surface area contributed by atoms with Gasteiger partial charge in [0.25, 0.3) is 5.91 Å². The predicted octanol–water partition coefficient (Wildman–Crippen LogP) is 4.03. The first-order valence-electron chi connectivity index (χ1n) is 11.7. The highest BCUT2D eigenvalue weighted by Crippen LogP contribution is 2.20. The van der Waals surface area contributed by atoms with E-state index in [-0.39, 0.29) is 25.2 Å².